The molecular weight excluding hydrogens is 410 g/mol. The summed E-state index contributed by atoms with van der Waals surface area (Å²) in [6.45, 7) is 12.7. The number of ether oxygens (including phenoxy) is 2. The fraction of sp³-hybridized carbons (Fsp3) is 0.520. The van der Waals surface area contributed by atoms with E-state index in [2.05, 4.69) is 41.5 Å². The average Bonchev–Trinajstić information content (AvgIpc) is 3.02. The molecule has 5 nitrogen and oxygen atoms in total. The lowest BCUT2D eigenvalue weighted by Crippen LogP contribution is -2.44. The summed E-state index contributed by atoms with van der Waals surface area (Å²) < 4.78 is 41.0. The third-order valence-electron chi connectivity index (χ3n) is 6.40. The molecule has 0 N–H and O–H groups in total. The van der Waals surface area contributed by atoms with Crippen molar-refractivity contribution in [3.63, 3.8) is 0 Å². The van der Waals surface area contributed by atoms with Crippen LogP contribution in [0.5, 0.6) is 11.5 Å². The quantitative estimate of drug-likeness (QED) is 0.657. The van der Waals surface area contributed by atoms with Gasteiger partial charge in [-0.3, -0.25) is 4.31 Å². The van der Waals surface area contributed by atoms with E-state index >= 15 is 0 Å². The summed E-state index contributed by atoms with van der Waals surface area (Å²) in [5, 5.41) is 0. The number of hydrogen-bond acceptors (Lipinski definition) is 4. The molecule has 2 aliphatic rings. The Morgan fingerprint density at radius 3 is 2.16 bits per heavy atom. The van der Waals surface area contributed by atoms with Crippen molar-refractivity contribution in [1.29, 1.82) is 0 Å². The van der Waals surface area contributed by atoms with Gasteiger partial charge in [0.2, 0.25) is 0 Å². The second-order valence-electron chi connectivity index (χ2n) is 10.7. The summed E-state index contributed by atoms with van der Waals surface area (Å²) in [5.74, 6) is 1.57. The van der Waals surface area contributed by atoms with Crippen LogP contribution in [0.2, 0.25) is 0 Å². The van der Waals surface area contributed by atoms with Crippen LogP contribution in [0.3, 0.4) is 0 Å². The zero-order valence-corrected chi connectivity index (χ0v) is 20.6. The second kappa shape index (κ2) is 6.89. The Morgan fingerprint density at radius 1 is 0.935 bits per heavy atom. The molecule has 6 heteroatoms. The third kappa shape index (κ3) is 3.30. The third-order valence-corrected chi connectivity index (χ3v) is 8.33. The van der Waals surface area contributed by atoms with Gasteiger partial charge in [0.05, 0.1) is 30.8 Å². The molecule has 2 heterocycles. The monoisotopic (exact) mass is 443 g/mol. The number of rotatable bonds is 2. The number of fused-ring (bicyclic) bond motifs is 4. The van der Waals surface area contributed by atoms with E-state index in [0.29, 0.717) is 17.7 Å². The molecule has 0 bridgehead atoms. The van der Waals surface area contributed by atoms with Gasteiger partial charge in [-0.15, -0.1) is 0 Å². The van der Waals surface area contributed by atoms with Crippen molar-refractivity contribution in [3.8, 4) is 11.5 Å². The molecule has 0 saturated heterocycles. The van der Waals surface area contributed by atoms with Gasteiger partial charge in [-0.1, -0.05) is 41.5 Å². The first kappa shape index (κ1) is 22.0. The van der Waals surface area contributed by atoms with Crippen LogP contribution in [-0.2, 0) is 33.7 Å². The highest BCUT2D eigenvalue weighted by molar-refractivity contribution is 7.93. The molecule has 2 aliphatic heterocycles. The maximum atomic E-state index is 14.0. The zero-order valence-electron chi connectivity index (χ0n) is 19.8. The highest BCUT2D eigenvalue weighted by Gasteiger charge is 2.46. The maximum absolute atomic E-state index is 14.0. The van der Waals surface area contributed by atoms with Crippen LogP contribution in [0.15, 0.2) is 29.2 Å². The number of hydrogen-bond donors (Lipinski definition) is 0. The van der Waals surface area contributed by atoms with Crippen molar-refractivity contribution in [1.82, 2.24) is 0 Å². The van der Waals surface area contributed by atoms with Crippen molar-refractivity contribution >= 4 is 15.7 Å². The van der Waals surface area contributed by atoms with Crippen LogP contribution in [-0.4, -0.2) is 28.7 Å². The second-order valence-corrected chi connectivity index (χ2v) is 12.4. The molecule has 2 aromatic carbocycles. The number of sulfonamides is 1. The van der Waals surface area contributed by atoms with E-state index in [9.17, 15) is 8.42 Å². The number of anilines is 1. The molecule has 1 unspecified atom stereocenters. The predicted octanol–water partition coefficient (Wildman–Crippen LogP) is 4.97. The molecule has 0 spiro atoms. The SMILES string of the molecule is COc1ccc2c(c1)CC1Cc3c(cc(C(C)(C)C)c(OC)c3C(C)(C)C)S(=O)(=O)N21. The fourth-order valence-electron chi connectivity index (χ4n) is 5.10. The molecule has 0 amide bonds. The van der Waals surface area contributed by atoms with Crippen LogP contribution in [0.1, 0.15) is 63.8 Å². The lowest BCUT2D eigenvalue weighted by atomic mass is 9.76. The van der Waals surface area contributed by atoms with E-state index in [-0.39, 0.29) is 16.9 Å². The molecular formula is C25H33NO4S. The first-order chi connectivity index (χ1) is 14.3. The van der Waals surface area contributed by atoms with Crippen LogP contribution in [0.4, 0.5) is 5.69 Å². The Bertz CT molecular complexity index is 1150. The molecule has 1 atom stereocenters. The van der Waals surface area contributed by atoms with E-state index in [4.69, 9.17) is 9.47 Å². The lowest BCUT2D eigenvalue weighted by molar-refractivity contribution is 0.377. The highest BCUT2D eigenvalue weighted by Crippen LogP contribution is 2.50. The first-order valence-corrected chi connectivity index (χ1v) is 12.2. The van der Waals surface area contributed by atoms with Crippen LogP contribution in [0.25, 0.3) is 0 Å². The molecule has 0 fully saturated rings. The Labute approximate surface area is 186 Å². The van der Waals surface area contributed by atoms with E-state index in [1.54, 1.807) is 18.5 Å². The van der Waals surface area contributed by atoms with Gasteiger partial charge in [-0.2, -0.15) is 0 Å². The van der Waals surface area contributed by atoms with Gasteiger partial charge in [0, 0.05) is 11.1 Å². The lowest BCUT2D eigenvalue weighted by Gasteiger charge is -2.39. The number of benzene rings is 2. The summed E-state index contributed by atoms with van der Waals surface area (Å²) >= 11 is 0. The molecule has 4 rings (SSSR count). The molecule has 0 aromatic heterocycles. The summed E-state index contributed by atoms with van der Waals surface area (Å²) in [5.41, 5.74) is 4.09. The largest absolute Gasteiger partial charge is 0.497 e. The van der Waals surface area contributed by atoms with Gasteiger partial charge in [-0.25, -0.2) is 8.42 Å². The highest BCUT2D eigenvalue weighted by atomic mass is 32.2. The minimum absolute atomic E-state index is 0.133. The van der Waals surface area contributed by atoms with Crippen molar-refractivity contribution in [2.45, 2.75) is 76.2 Å². The summed E-state index contributed by atoms with van der Waals surface area (Å²) in [7, 11) is -0.387. The van der Waals surface area contributed by atoms with Crippen LogP contribution >= 0.6 is 0 Å². The molecule has 31 heavy (non-hydrogen) atoms. The van der Waals surface area contributed by atoms with Crippen LogP contribution < -0.4 is 13.8 Å². The summed E-state index contributed by atoms with van der Waals surface area (Å²) in [6.07, 6.45) is 1.34. The van der Waals surface area contributed by atoms with Gasteiger partial charge in [-0.05, 0) is 59.1 Å². The van der Waals surface area contributed by atoms with Gasteiger partial charge >= 0.3 is 0 Å². The minimum atomic E-state index is -3.71. The van der Waals surface area contributed by atoms with Crippen molar-refractivity contribution in [2.24, 2.45) is 0 Å². The van der Waals surface area contributed by atoms with E-state index in [1.165, 1.54) is 0 Å². The molecule has 0 radical (unpaired) electrons. The molecule has 0 saturated carbocycles. The Kier molecular flexibility index (Phi) is 4.89. The smallest absolute Gasteiger partial charge is 0.264 e. The zero-order chi connectivity index (χ0) is 22.9. The van der Waals surface area contributed by atoms with Gasteiger partial charge < -0.3 is 9.47 Å². The predicted molar refractivity (Wildman–Crippen MR) is 124 cm³/mol. The van der Waals surface area contributed by atoms with E-state index in [1.807, 2.05) is 24.3 Å². The Morgan fingerprint density at radius 2 is 1.61 bits per heavy atom. The normalized spacial score (nSPS) is 19.5. The van der Waals surface area contributed by atoms with Gasteiger partial charge in [0.1, 0.15) is 11.5 Å². The molecule has 2 aromatic rings. The first-order valence-electron chi connectivity index (χ1n) is 10.8. The Hall–Kier alpha value is -2.21. The number of nitrogens with zero attached hydrogens (tertiary/aromatic N) is 1. The van der Waals surface area contributed by atoms with Crippen molar-refractivity contribution < 1.29 is 17.9 Å². The average molecular weight is 444 g/mol. The minimum Gasteiger partial charge on any atom is -0.497 e. The standard InChI is InChI=1S/C25H33NO4S/c1-24(2,3)19-14-21-18(22(23(19)30-8)25(4,5)6)13-16-11-15-12-17(29-7)9-10-20(15)26(16)31(21,27)28/h9-10,12,14,16H,11,13H2,1-8H3. The maximum Gasteiger partial charge on any atom is 0.264 e. The summed E-state index contributed by atoms with van der Waals surface area (Å²) in [4.78, 5) is 0.420. The van der Waals surface area contributed by atoms with E-state index in [0.717, 1.165) is 39.4 Å². The fourth-order valence-corrected chi connectivity index (χ4v) is 7.05. The number of methoxy groups -OCH3 is 2. The van der Waals surface area contributed by atoms with Crippen molar-refractivity contribution in [3.05, 3.63) is 46.5 Å². The Balaban J connectivity index is 2.02. The topological polar surface area (TPSA) is 55.8 Å². The van der Waals surface area contributed by atoms with E-state index < -0.39 is 10.0 Å². The molecule has 168 valence electrons. The van der Waals surface area contributed by atoms with Crippen molar-refractivity contribution in [2.75, 3.05) is 18.5 Å². The molecule has 0 aliphatic carbocycles. The van der Waals surface area contributed by atoms with Gasteiger partial charge in [0.15, 0.2) is 0 Å². The van der Waals surface area contributed by atoms with Crippen LogP contribution in [0, 0.1) is 0 Å². The van der Waals surface area contributed by atoms with Gasteiger partial charge in [0.25, 0.3) is 10.0 Å². The summed E-state index contributed by atoms with van der Waals surface area (Å²) in [6, 6.07) is 7.39.